The van der Waals surface area contributed by atoms with Crippen molar-refractivity contribution in [3.05, 3.63) is 35.4 Å². The van der Waals surface area contributed by atoms with E-state index >= 15 is 0 Å². The second-order valence-corrected chi connectivity index (χ2v) is 4.98. The molecule has 0 saturated heterocycles. The van der Waals surface area contributed by atoms with Crippen LogP contribution in [0.5, 0.6) is 0 Å². The van der Waals surface area contributed by atoms with Crippen LogP contribution >= 0.6 is 0 Å². The van der Waals surface area contributed by atoms with Crippen molar-refractivity contribution < 1.29 is 8.78 Å². The van der Waals surface area contributed by atoms with Gasteiger partial charge in [0.15, 0.2) is 0 Å². The molecule has 2 unspecified atom stereocenters. The second kappa shape index (κ2) is 6.10. The highest BCUT2D eigenvalue weighted by atomic mass is 19.1. The molecule has 1 N–H and O–H groups in total. The van der Waals surface area contributed by atoms with E-state index in [-0.39, 0.29) is 6.04 Å². The standard InChI is InChI=1S/C14H21F2N/c1-9(2)10(3)14(17-4)7-11-5-12(15)8-13(16)6-11/h5-6,8-10,14,17H,7H2,1-4H3. The molecule has 0 radical (unpaired) electrons. The molecule has 0 fully saturated rings. The summed E-state index contributed by atoms with van der Waals surface area (Å²) in [5.74, 6) is -0.0312. The summed E-state index contributed by atoms with van der Waals surface area (Å²) in [6.07, 6.45) is 0.643. The van der Waals surface area contributed by atoms with Gasteiger partial charge in [-0.25, -0.2) is 8.78 Å². The Hall–Kier alpha value is -0.960. The molecular formula is C14H21F2N. The average molecular weight is 241 g/mol. The number of hydrogen-bond acceptors (Lipinski definition) is 1. The molecule has 0 aliphatic rings. The van der Waals surface area contributed by atoms with Gasteiger partial charge in [0, 0.05) is 12.1 Å². The zero-order chi connectivity index (χ0) is 13.0. The predicted octanol–water partition coefficient (Wildman–Crippen LogP) is 3.39. The Morgan fingerprint density at radius 3 is 2.00 bits per heavy atom. The van der Waals surface area contributed by atoms with Gasteiger partial charge in [-0.1, -0.05) is 20.8 Å². The maximum absolute atomic E-state index is 13.1. The van der Waals surface area contributed by atoms with E-state index in [1.807, 2.05) is 7.05 Å². The molecule has 0 aromatic heterocycles. The van der Waals surface area contributed by atoms with E-state index in [2.05, 4.69) is 26.1 Å². The fraction of sp³-hybridized carbons (Fsp3) is 0.571. The Kier molecular flexibility index (Phi) is 5.06. The van der Waals surface area contributed by atoms with Crippen molar-refractivity contribution in [2.75, 3.05) is 7.05 Å². The number of nitrogens with one attached hydrogen (secondary N) is 1. The van der Waals surface area contributed by atoms with Crippen molar-refractivity contribution in [3.63, 3.8) is 0 Å². The molecule has 3 heteroatoms. The largest absolute Gasteiger partial charge is 0.316 e. The monoisotopic (exact) mass is 241 g/mol. The number of rotatable bonds is 5. The summed E-state index contributed by atoms with van der Waals surface area (Å²) < 4.78 is 26.2. The number of likely N-dealkylation sites (N-methyl/N-ethyl adjacent to an activating group) is 1. The van der Waals surface area contributed by atoms with Crippen LogP contribution in [-0.4, -0.2) is 13.1 Å². The van der Waals surface area contributed by atoms with Gasteiger partial charge in [0.25, 0.3) is 0 Å². The maximum Gasteiger partial charge on any atom is 0.126 e. The van der Waals surface area contributed by atoms with E-state index in [0.29, 0.717) is 23.8 Å². The molecule has 0 heterocycles. The summed E-state index contributed by atoms with van der Waals surface area (Å²) in [6, 6.07) is 3.95. The third-order valence-corrected chi connectivity index (χ3v) is 3.43. The van der Waals surface area contributed by atoms with Crippen molar-refractivity contribution in [2.45, 2.75) is 33.2 Å². The average Bonchev–Trinajstić information content (AvgIpc) is 2.23. The van der Waals surface area contributed by atoms with Gasteiger partial charge in [0.05, 0.1) is 0 Å². The van der Waals surface area contributed by atoms with Crippen molar-refractivity contribution in [1.29, 1.82) is 0 Å². The van der Waals surface area contributed by atoms with Crippen LogP contribution in [0.25, 0.3) is 0 Å². The first-order valence-corrected chi connectivity index (χ1v) is 6.06. The molecule has 1 nitrogen and oxygen atoms in total. The van der Waals surface area contributed by atoms with Crippen LogP contribution in [0.3, 0.4) is 0 Å². The van der Waals surface area contributed by atoms with Crippen LogP contribution in [-0.2, 0) is 6.42 Å². The topological polar surface area (TPSA) is 12.0 Å². The molecule has 1 aromatic carbocycles. The molecule has 0 aliphatic carbocycles. The predicted molar refractivity (Wildman–Crippen MR) is 66.9 cm³/mol. The first kappa shape index (κ1) is 14.1. The van der Waals surface area contributed by atoms with Crippen molar-refractivity contribution in [2.24, 2.45) is 11.8 Å². The Balaban J connectivity index is 2.80. The van der Waals surface area contributed by atoms with E-state index in [1.54, 1.807) is 0 Å². The van der Waals surface area contributed by atoms with Crippen LogP contribution in [0.2, 0.25) is 0 Å². The molecule has 17 heavy (non-hydrogen) atoms. The third kappa shape index (κ3) is 4.08. The van der Waals surface area contributed by atoms with E-state index in [0.717, 1.165) is 6.07 Å². The summed E-state index contributed by atoms with van der Waals surface area (Å²) in [7, 11) is 1.89. The van der Waals surface area contributed by atoms with E-state index in [1.165, 1.54) is 12.1 Å². The smallest absolute Gasteiger partial charge is 0.126 e. The third-order valence-electron chi connectivity index (χ3n) is 3.43. The van der Waals surface area contributed by atoms with Crippen LogP contribution in [0, 0.1) is 23.5 Å². The second-order valence-electron chi connectivity index (χ2n) is 4.98. The number of benzene rings is 1. The van der Waals surface area contributed by atoms with Crippen LogP contribution in [0.4, 0.5) is 8.78 Å². The van der Waals surface area contributed by atoms with Gasteiger partial charge in [-0.05, 0) is 43.0 Å². The lowest BCUT2D eigenvalue weighted by molar-refractivity contribution is 0.309. The lowest BCUT2D eigenvalue weighted by Crippen LogP contribution is -2.36. The fourth-order valence-corrected chi connectivity index (χ4v) is 2.00. The quantitative estimate of drug-likeness (QED) is 0.833. The Labute approximate surface area is 102 Å². The first-order chi connectivity index (χ1) is 7.93. The number of hydrogen-bond donors (Lipinski definition) is 1. The van der Waals surface area contributed by atoms with Gasteiger partial charge in [-0.2, -0.15) is 0 Å². The molecule has 0 bridgehead atoms. The Morgan fingerprint density at radius 2 is 1.59 bits per heavy atom. The van der Waals surface area contributed by atoms with Crippen LogP contribution in [0.1, 0.15) is 26.3 Å². The van der Waals surface area contributed by atoms with Gasteiger partial charge in [-0.3, -0.25) is 0 Å². The maximum atomic E-state index is 13.1. The van der Waals surface area contributed by atoms with Gasteiger partial charge in [-0.15, -0.1) is 0 Å². The summed E-state index contributed by atoms with van der Waals surface area (Å²) in [4.78, 5) is 0. The molecule has 1 rings (SSSR count). The SMILES string of the molecule is CNC(Cc1cc(F)cc(F)c1)C(C)C(C)C. The minimum Gasteiger partial charge on any atom is -0.316 e. The fourth-order valence-electron chi connectivity index (χ4n) is 2.00. The summed E-state index contributed by atoms with van der Waals surface area (Å²) >= 11 is 0. The minimum atomic E-state index is -0.507. The minimum absolute atomic E-state index is 0.233. The van der Waals surface area contributed by atoms with Gasteiger partial charge < -0.3 is 5.32 Å². The highest BCUT2D eigenvalue weighted by molar-refractivity contribution is 5.19. The van der Waals surface area contributed by atoms with Gasteiger partial charge in [0.1, 0.15) is 11.6 Å². The lowest BCUT2D eigenvalue weighted by atomic mass is 9.87. The highest BCUT2D eigenvalue weighted by Gasteiger charge is 2.19. The molecule has 0 aliphatic heterocycles. The lowest BCUT2D eigenvalue weighted by Gasteiger charge is -2.26. The van der Waals surface area contributed by atoms with Crippen LogP contribution < -0.4 is 5.32 Å². The van der Waals surface area contributed by atoms with Crippen molar-refractivity contribution in [3.8, 4) is 0 Å². The van der Waals surface area contributed by atoms with Gasteiger partial charge in [0.2, 0.25) is 0 Å². The molecular weight excluding hydrogens is 220 g/mol. The summed E-state index contributed by atoms with van der Waals surface area (Å²) in [5.41, 5.74) is 0.703. The molecule has 2 atom stereocenters. The van der Waals surface area contributed by atoms with E-state index in [9.17, 15) is 8.78 Å². The van der Waals surface area contributed by atoms with E-state index < -0.39 is 11.6 Å². The Bertz CT molecular complexity index is 343. The van der Waals surface area contributed by atoms with Crippen LogP contribution in [0.15, 0.2) is 18.2 Å². The van der Waals surface area contributed by atoms with Crippen molar-refractivity contribution in [1.82, 2.24) is 5.32 Å². The van der Waals surface area contributed by atoms with E-state index in [4.69, 9.17) is 0 Å². The summed E-state index contributed by atoms with van der Waals surface area (Å²) in [5, 5.41) is 3.23. The summed E-state index contributed by atoms with van der Waals surface area (Å²) in [6.45, 7) is 6.46. The highest BCUT2D eigenvalue weighted by Crippen LogP contribution is 2.19. The molecule has 96 valence electrons. The number of halogens is 2. The molecule has 1 aromatic rings. The Morgan fingerprint density at radius 1 is 1.06 bits per heavy atom. The molecule has 0 amide bonds. The molecule has 0 spiro atoms. The normalized spacial score (nSPS) is 15.0. The zero-order valence-electron chi connectivity index (χ0n) is 10.9. The van der Waals surface area contributed by atoms with Crippen molar-refractivity contribution >= 4 is 0 Å². The molecule has 0 saturated carbocycles. The zero-order valence-corrected chi connectivity index (χ0v) is 10.9. The van der Waals surface area contributed by atoms with Gasteiger partial charge >= 0.3 is 0 Å². The first-order valence-electron chi connectivity index (χ1n) is 6.06.